The van der Waals surface area contributed by atoms with E-state index in [0.717, 1.165) is 37.8 Å². The Bertz CT molecular complexity index is 683. The van der Waals surface area contributed by atoms with Gasteiger partial charge in [-0.25, -0.2) is 0 Å². The van der Waals surface area contributed by atoms with E-state index in [-0.39, 0.29) is 0 Å². The number of nitrogens with zero attached hydrogens (tertiary/aromatic N) is 1. The van der Waals surface area contributed by atoms with Gasteiger partial charge < -0.3 is 4.98 Å². The summed E-state index contributed by atoms with van der Waals surface area (Å²) in [7, 11) is 0. The number of fused-ring (bicyclic) bond motifs is 5. The summed E-state index contributed by atoms with van der Waals surface area (Å²) in [5.41, 5.74) is 4.99. The van der Waals surface area contributed by atoms with Gasteiger partial charge in [-0.3, -0.25) is 9.69 Å². The monoisotopic (exact) mass is 252 g/mol. The molecule has 2 aliphatic heterocycles. The second kappa shape index (κ2) is 4.07. The van der Waals surface area contributed by atoms with Crippen LogP contribution < -0.4 is 0 Å². The van der Waals surface area contributed by atoms with Crippen molar-refractivity contribution in [3.63, 3.8) is 0 Å². The van der Waals surface area contributed by atoms with Crippen LogP contribution in [0.15, 0.2) is 35.9 Å². The molecule has 1 unspecified atom stereocenters. The lowest BCUT2D eigenvalue weighted by atomic mass is 9.92. The van der Waals surface area contributed by atoms with E-state index in [9.17, 15) is 4.79 Å². The fourth-order valence-corrected chi connectivity index (χ4v) is 3.47. The van der Waals surface area contributed by atoms with E-state index < -0.39 is 0 Å². The summed E-state index contributed by atoms with van der Waals surface area (Å²) in [6.45, 7) is 1.84. The second-order valence-electron chi connectivity index (χ2n) is 5.43. The fraction of sp³-hybridized carbons (Fsp3) is 0.312. The van der Waals surface area contributed by atoms with Gasteiger partial charge in [0, 0.05) is 35.3 Å². The number of H-pyrrole nitrogens is 1. The zero-order valence-corrected chi connectivity index (χ0v) is 10.7. The van der Waals surface area contributed by atoms with E-state index in [0.29, 0.717) is 6.04 Å². The summed E-state index contributed by atoms with van der Waals surface area (Å²) in [5.74, 6) is 0. The van der Waals surface area contributed by atoms with Gasteiger partial charge >= 0.3 is 0 Å². The maximum Gasteiger partial charge on any atom is 0.147 e. The summed E-state index contributed by atoms with van der Waals surface area (Å²) < 4.78 is 0. The molecule has 3 nitrogen and oxygen atoms in total. The number of nitrogens with one attached hydrogen (secondary N) is 1. The Morgan fingerprint density at radius 1 is 1.32 bits per heavy atom. The van der Waals surface area contributed by atoms with Crippen LogP contribution in [-0.4, -0.2) is 29.3 Å². The maximum absolute atomic E-state index is 10.9. The van der Waals surface area contributed by atoms with Crippen molar-refractivity contribution in [3.8, 4) is 0 Å². The van der Waals surface area contributed by atoms with Crippen molar-refractivity contribution in [3.05, 3.63) is 47.2 Å². The molecule has 1 aromatic carbocycles. The summed E-state index contributed by atoms with van der Waals surface area (Å²) in [6, 6.07) is 8.95. The molecule has 0 saturated heterocycles. The Labute approximate surface area is 111 Å². The van der Waals surface area contributed by atoms with Gasteiger partial charge in [0.05, 0.1) is 6.04 Å². The van der Waals surface area contributed by atoms with Crippen LogP contribution >= 0.6 is 0 Å². The largest absolute Gasteiger partial charge is 0.357 e. The number of aldehydes is 1. The predicted molar refractivity (Wildman–Crippen MR) is 75.1 cm³/mol. The lowest BCUT2D eigenvalue weighted by Gasteiger charge is -2.38. The Kier molecular flexibility index (Phi) is 2.35. The molecule has 1 N–H and O–H groups in total. The summed E-state index contributed by atoms with van der Waals surface area (Å²) in [6.07, 6.45) is 5.10. The minimum atomic E-state index is 0.417. The van der Waals surface area contributed by atoms with Crippen molar-refractivity contribution in [2.24, 2.45) is 0 Å². The van der Waals surface area contributed by atoms with Gasteiger partial charge in [0.25, 0.3) is 0 Å². The first-order valence-electron chi connectivity index (χ1n) is 6.84. The molecule has 0 saturated carbocycles. The number of carbonyl (C=O) groups excluding carboxylic acids is 1. The van der Waals surface area contributed by atoms with Crippen molar-refractivity contribution in [1.29, 1.82) is 0 Å². The van der Waals surface area contributed by atoms with Crippen LogP contribution in [0.3, 0.4) is 0 Å². The molecular formula is C16H16N2O. The van der Waals surface area contributed by atoms with Crippen LogP contribution in [0.4, 0.5) is 0 Å². The van der Waals surface area contributed by atoms with E-state index >= 15 is 0 Å². The Hall–Kier alpha value is -1.87. The normalized spacial score (nSPS) is 22.7. The molecule has 1 atom stereocenters. The maximum atomic E-state index is 10.9. The average molecular weight is 252 g/mol. The third kappa shape index (κ3) is 1.58. The van der Waals surface area contributed by atoms with E-state index in [1.165, 1.54) is 22.2 Å². The summed E-state index contributed by atoms with van der Waals surface area (Å²) >= 11 is 0. The van der Waals surface area contributed by atoms with Crippen LogP contribution in [-0.2, 0) is 11.2 Å². The van der Waals surface area contributed by atoms with Gasteiger partial charge in [-0.1, -0.05) is 24.3 Å². The van der Waals surface area contributed by atoms with Crippen LogP contribution in [0.25, 0.3) is 10.9 Å². The molecule has 0 amide bonds. The van der Waals surface area contributed by atoms with Gasteiger partial charge in [0.15, 0.2) is 0 Å². The Morgan fingerprint density at radius 2 is 2.21 bits per heavy atom. The molecule has 0 spiro atoms. The molecule has 3 heteroatoms. The number of benzene rings is 1. The van der Waals surface area contributed by atoms with Crippen LogP contribution in [0, 0.1) is 0 Å². The molecule has 0 radical (unpaired) electrons. The minimum absolute atomic E-state index is 0.417. The van der Waals surface area contributed by atoms with E-state index in [1.54, 1.807) is 0 Å². The number of aromatic amines is 1. The van der Waals surface area contributed by atoms with Gasteiger partial charge in [-0.15, -0.1) is 0 Å². The fourth-order valence-electron chi connectivity index (χ4n) is 3.47. The lowest BCUT2D eigenvalue weighted by molar-refractivity contribution is -0.105. The highest BCUT2D eigenvalue weighted by Crippen LogP contribution is 2.38. The molecule has 4 rings (SSSR count). The molecular weight excluding hydrogens is 236 g/mol. The number of carbonyl (C=O) groups is 1. The third-order valence-electron chi connectivity index (χ3n) is 4.41. The lowest BCUT2D eigenvalue weighted by Crippen LogP contribution is -2.38. The topological polar surface area (TPSA) is 36.1 Å². The smallest absolute Gasteiger partial charge is 0.147 e. The summed E-state index contributed by atoms with van der Waals surface area (Å²) in [4.78, 5) is 16.9. The van der Waals surface area contributed by atoms with E-state index in [2.05, 4.69) is 40.2 Å². The summed E-state index contributed by atoms with van der Waals surface area (Å²) in [5, 5.41) is 1.36. The first kappa shape index (κ1) is 11.0. The van der Waals surface area contributed by atoms with Gasteiger partial charge in [-0.2, -0.15) is 0 Å². The molecule has 1 aromatic heterocycles. The minimum Gasteiger partial charge on any atom is -0.357 e. The number of hydrogen-bond acceptors (Lipinski definition) is 2. The van der Waals surface area contributed by atoms with E-state index in [1.807, 2.05) is 0 Å². The molecule has 3 heterocycles. The molecule has 96 valence electrons. The van der Waals surface area contributed by atoms with Crippen molar-refractivity contribution in [1.82, 2.24) is 9.88 Å². The predicted octanol–water partition coefficient (Wildman–Crippen LogP) is 2.60. The van der Waals surface area contributed by atoms with Gasteiger partial charge in [0.1, 0.15) is 6.29 Å². The average Bonchev–Trinajstić information content (AvgIpc) is 2.85. The first-order valence-corrected chi connectivity index (χ1v) is 6.84. The van der Waals surface area contributed by atoms with Crippen molar-refractivity contribution < 1.29 is 4.79 Å². The highest BCUT2D eigenvalue weighted by Gasteiger charge is 2.31. The zero-order valence-electron chi connectivity index (χ0n) is 10.7. The zero-order chi connectivity index (χ0) is 12.8. The Morgan fingerprint density at radius 3 is 3.11 bits per heavy atom. The third-order valence-corrected chi connectivity index (χ3v) is 4.41. The van der Waals surface area contributed by atoms with Crippen LogP contribution in [0.2, 0.25) is 0 Å². The molecule has 0 fully saturated rings. The number of aromatic nitrogens is 1. The quantitative estimate of drug-likeness (QED) is 0.792. The van der Waals surface area contributed by atoms with Crippen LogP contribution in [0.5, 0.6) is 0 Å². The Balaban J connectivity index is 1.83. The van der Waals surface area contributed by atoms with Gasteiger partial charge in [0.2, 0.25) is 0 Å². The SMILES string of the molecule is O=CC1=CCC2c3[nH]c4ccccc4c3CCN2C1. The molecule has 0 bridgehead atoms. The number of rotatable bonds is 1. The molecule has 0 aliphatic carbocycles. The van der Waals surface area contributed by atoms with Crippen LogP contribution in [0.1, 0.15) is 23.7 Å². The van der Waals surface area contributed by atoms with Gasteiger partial charge in [-0.05, 0) is 24.5 Å². The standard InChI is InChI=1S/C16H16N2O/c19-10-11-5-6-15-16-13(7-8-18(15)9-11)12-3-1-2-4-14(12)17-16/h1-5,10,15,17H,6-9H2. The number of para-hydroxylation sites is 1. The van der Waals surface area contributed by atoms with E-state index in [4.69, 9.17) is 0 Å². The van der Waals surface area contributed by atoms with Crippen molar-refractivity contribution in [2.45, 2.75) is 18.9 Å². The van der Waals surface area contributed by atoms with Crippen molar-refractivity contribution in [2.75, 3.05) is 13.1 Å². The molecule has 2 aromatic rings. The number of hydrogen-bond donors (Lipinski definition) is 1. The molecule has 2 aliphatic rings. The first-order chi connectivity index (χ1) is 9.36. The highest BCUT2D eigenvalue weighted by atomic mass is 16.1. The van der Waals surface area contributed by atoms with Crippen molar-refractivity contribution >= 4 is 17.2 Å². The molecule has 19 heavy (non-hydrogen) atoms. The highest BCUT2D eigenvalue weighted by molar-refractivity contribution is 5.85. The second-order valence-corrected chi connectivity index (χ2v) is 5.43.